The molecule has 21 heavy (non-hydrogen) atoms. The number of halogens is 1. The summed E-state index contributed by atoms with van der Waals surface area (Å²) in [6.45, 7) is -0.142. The maximum Gasteiger partial charge on any atom is 0.251 e. The zero-order chi connectivity index (χ0) is 15.2. The van der Waals surface area contributed by atoms with Crippen molar-refractivity contribution >= 4 is 28.5 Å². The van der Waals surface area contributed by atoms with Crippen molar-refractivity contribution < 1.29 is 15.0 Å². The number of amides is 1. The van der Waals surface area contributed by atoms with Crippen molar-refractivity contribution in [3.63, 3.8) is 0 Å². The van der Waals surface area contributed by atoms with Crippen LogP contribution in [0.2, 0.25) is 0 Å². The summed E-state index contributed by atoms with van der Waals surface area (Å²) in [7, 11) is 0. The van der Waals surface area contributed by atoms with Gasteiger partial charge in [-0.3, -0.25) is 4.79 Å². The Bertz CT molecular complexity index is 616. The molecule has 0 saturated carbocycles. The van der Waals surface area contributed by atoms with E-state index < -0.39 is 0 Å². The van der Waals surface area contributed by atoms with Crippen LogP contribution in [0.15, 0.2) is 48.5 Å². The molecule has 1 unspecified atom stereocenters. The van der Waals surface area contributed by atoms with Gasteiger partial charge >= 0.3 is 0 Å². The van der Waals surface area contributed by atoms with Gasteiger partial charge in [0.05, 0.1) is 16.2 Å². The highest BCUT2D eigenvalue weighted by atomic mass is 127. The highest BCUT2D eigenvalue weighted by molar-refractivity contribution is 14.1. The van der Waals surface area contributed by atoms with Crippen molar-refractivity contribution in [2.75, 3.05) is 6.61 Å². The highest BCUT2D eigenvalue weighted by Gasteiger charge is 2.14. The Morgan fingerprint density at radius 2 is 1.90 bits per heavy atom. The Morgan fingerprint density at radius 1 is 1.19 bits per heavy atom. The van der Waals surface area contributed by atoms with Gasteiger partial charge in [0.2, 0.25) is 0 Å². The van der Waals surface area contributed by atoms with Crippen LogP contribution in [0, 0.1) is 3.57 Å². The van der Waals surface area contributed by atoms with E-state index in [1.165, 1.54) is 6.07 Å². The van der Waals surface area contributed by atoms with E-state index in [4.69, 9.17) is 0 Å². The van der Waals surface area contributed by atoms with Gasteiger partial charge in [-0.05, 0) is 52.8 Å². The van der Waals surface area contributed by atoms with E-state index in [9.17, 15) is 15.0 Å². The predicted molar refractivity (Wildman–Crippen MR) is 89.3 cm³/mol. The molecule has 3 N–H and O–H groups in total. The smallest absolute Gasteiger partial charge is 0.251 e. The van der Waals surface area contributed by atoms with E-state index in [1.54, 1.807) is 12.1 Å². The Morgan fingerprint density at radius 3 is 2.52 bits per heavy atom. The number of carbonyl (C=O) groups is 1. The van der Waals surface area contributed by atoms with Gasteiger partial charge in [0.25, 0.3) is 5.91 Å². The maximum atomic E-state index is 12.1. The fraction of sp³-hybridized carbons (Fsp3) is 0.188. The number of benzene rings is 2. The summed E-state index contributed by atoms with van der Waals surface area (Å²) in [5, 5.41) is 21.8. The topological polar surface area (TPSA) is 69.6 Å². The molecule has 0 saturated heterocycles. The fourth-order valence-corrected chi connectivity index (χ4v) is 2.32. The van der Waals surface area contributed by atoms with Crippen molar-refractivity contribution in [3.05, 3.63) is 63.2 Å². The predicted octanol–water partition coefficient (Wildman–Crippen LogP) is 2.33. The van der Waals surface area contributed by atoms with Crippen molar-refractivity contribution in [1.82, 2.24) is 5.32 Å². The maximum absolute atomic E-state index is 12.1. The molecule has 0 bridgehead atoms. The van der Waals surface area contributed by atoms with Gasteiger partial charge in [0.15, 0.2) is 0 Å². The quantitative estimate of drug-likeness (QED) is 0.679. The van der Waals surface area contributed by atoms with Crippen molar-refractivity contribution in [3.8, 4) is 5.75 Å². The lowest BCUT2D eigenvalue weighted by molar-refractivity contribution is 0.0916. The molecule has 4 nitrogen and oxygen atoms in total. The van der Waals surface area contributed by atoms with E-state index >= 15 is 0 Å². The minimum absolute atomic E-state index is 0.0758. The molecule has 0 fully saturated rings. The molecule has 1 atom stereocenters. The largest absolute Gasteiger partial charge is 0.507 e. The molecule has 2 aromatic rings. The molecule has 2 rings (SSSR count). The summed E-state index contributed by atoms with van der Waals surface area (Å²) in [4.78, 5) is 12.1. The van der Waals surface area contributed by atoms with E-state index in [0.29, 0.717) is 15.6 Å². The Balaban J connectivity index is 2.04. The molecule has 0 aliphatic carbocycles. The van der Waals surface area contributed by atoms with Crippen molar-refractivity contribution in [1.29, 1.82) is 0 Å². The average Bonchev–Trinajstić information content (AvgIpc) is 2.50. The third kappa shape index (κ3) is 4.44. The summed E-state index contributed by atoms with van der Waals surface area (Å²) in [6.07, 6.45) is 0.555. The first-order chi connectivity index (χ1) is 10.1. The molecule has 110 valence electrons. The second-order valence-corrected chi connectivity index (χ2v) is 5.87. The number of hydrogen-bond donors (Lipinski definition) is 3. The Kier molecular flexibility index (Phi) is 5.58. The molecule has 0 aliphatic heterocycles. The Labute approximate surface area is 137 Å². The normalized spacial score (nSPS) is 11.9. The minimum atomic E-state index is -0.360. The molecular weight excluding hydrogens is 381 g/mol. The van der Waals surface area contributed by atoms with Crippen LogP contribution in [0.1, 0.15) is 15.9 Å². The van der Waals surface area contributed by atoms with Crippen LogP contribution in [0.25, 0.3) is 0 Å². The number of aliphatic hydroxyl groups excluding tert-OH is 1. The van der Waals surface area contributed by atoms with Crippen molar-refractivity contribution in [2.45, 2.75) is 12.5 Å². The zero-order valence-electron chi connectivity index (χ0n) is 11.3. The molecule has 0 aromatic heterocycles. The zero-order valence-corrected chi connectivity index (χ0v) is 13.4. The lowest BCUT2D eigenvalue weighted by Crippen LogP contribution is -2.39. The number of phenolic OH excluding ortho intramolecular Hbond substituents is 1. The van der Waals surface area contributed by atoms with Gasteiger partial charge in [-0.25, -0.2) is 0 Å². The van der Waals surface area contributed by atoms with Crippen molar-refractivity contribution in [2.24, 2.45) is 0 Å². The summed E-state index contributed by atoms with van der Waals surface area (Å²) in [6, 6.07) is 14.0. The summed E-state index contributed by atoms with van der Waals surface area (Å²) >= 11 is 1.99. The summed E-state index contributed by atoms with van der Waals surface area (Å²) in [5.41, 5.74) is 1.42. The number of aromatic hydroxyl groups is 1. The van der Waals surface area contributed by atoms with Gasteiger partial charge < -0.3 is 15.5 Å². The summed E-state index contributed by atoms with van der Waals surface area (Å²) in [5.74, 6) is -0.233. The Hall–Kier alpha value is -1.60. The highest BCUT2D eigenvalue weighted by Crippen LogP contribution is 2.20. The SMILES string of the molecule is O=C(NC(CO)Cc1ccccc1)c1ccc(I)c(O)c1. The minimum Gasteiger partial charge on any atom is -0.507 e. The molecule has 2 aromatic carbocycles. The molecule has 0 radical (unpaired) electrons. The van der Waals surface area contributed by atoms with Crippen LogP contribution in [-0.4, -0.2) is 28.8 Å². The third-order valence-electron chi connectivity index (χ3n) is 3.09. The second-order valence-electron chi connectivity index (χ2n) is 4.71. The monoisotopic (exact) mass is 397 g/mol. The van der Waals surface area contributed by atoms with Gasteiger partial charge in [-0.1, -0.05) is 30.3 Å². The van der Waals surface area contributed by atoms with Gasteiger partial charge in [0, 0.05) is 5.56 Å². The molecule has 5 heteroatoms. The average molecular weight is 397 g/mol. The van der Waals surface area contributed by atoms with Crippen LogP contribution in [-0.2, 0) is 6.42 Å². The standard InChI is InChI=1S/C16H16INO3/c17-14-7-6-12(9-15(14)20)16(21)18-13(10-19)8-11-4-2-1-3-5-11/h1-7,9,13,19-20H,8,10H2,(H,18,21). The lowest BCUT2D eigenvalue weighted by Gasteiger charge is -2.16. The van der Waals surface area contributed by atoms with Gasteiger partial charge in [0.1, 0.15) is 5.75 Å². The second kappa shape index (κ2) is 7.42. The van der Waals surface area contributed by atoms with Crippen LogP contribution in [0.3, 0.4) is 0 Å². The van der Waals surface area contributed by atoms with E-state index in [-0.39, 0.29) is 24.3 Å². The van der Waals surface area contributed by atoms with E-state index in [0.717, 1.165) is 5.56 Å². The van der Waals surface area contributed by atoms with Crippen LogP contribution >= 0.6 is 22.6 Å². The number of rotatable bonds is 5. The molecule has 0 spiro atoms. The van der Waals surface area contributed by atoms with Crippen LogP contribution < -0.4 is 5.32 Å². The van der Waals surface area contributed by atoms with E-state index in [2.05, 4.69) is 5.32 Å². The molecule has 1 amide bonds. The van der Waals surface area contributed by atoms with E-state index in [1.807, 2.05) is 52.9 Å². The third-order valence-corrected chi connectivity index (χ3v) is 4.00. The lowest BCUT2D eigenvalue weighted by atomic mass is 10.1. The molecular formula is C16H16INO3. The number of aliphatic hydroxyl groups is 1. The first-order valence-corrected chi connectivity index (χ1v) is 7.62. The summed E-state index contributed by atoms with van der Waals surface area (Å²) < 4.78 is 0.687. The first kappa shape index (κ1) is 15.8. The van der Waals surface area contributed by atoms with Gasteiger partial charge in [-0.2, -0.15) is 0 Å². The number of phenols is 1. The van der Waals surface area contributed by atoms with Gasteiger partial charge in [-0.15, -0.1) is 0 Å². The number of carbonyl (C=O) groups excluding carboxylic acids is 1. The molecule has 0 heterocycles. The molecule has 0 aliphatic rings. The van der Waals surface area contributed by atoms with Crippen LogP contribution in [0.4, 0.5) is 0 Å². The first-order valence-electron chi connectivity index (χ1n) is 6.54. The fourth-order valence-electron chi connectivity index (χ4n) is 1.98. The number of nitrogens with one attached hydrogen (secondary N) is 1. The number of hydrogen-bond acceptors (Lipinski definition) is 3. The van der Waals surface area contributed by atoms with Crippen LogP contribution in [0.5, 0.6) is 5.75 Å².